The number of nitrogen functional groups attached to an aromatic ring is 1. The lowest BCUT2D eigenvalue weighted by Crippen LogP contribution is -2.45. The van der Waals surface area contributed by atoms with Crippen molar-refractivity contribution in [1.82, 2.24) is 9.88 Å². The van der Waals surface area contributed by atoms with Gasteiger partial charge in [0, 0.05) is 19.6 Å². The van der Waals surface area contributed by atoms with Crippen molar-refractivity contribution in [3.8, 4) is 0 Å². The second-order valence-corrected chi connectivity index (χ2v) is 4.77. The SMILES string of the molecule is CCN1CCOC(CNc2ncc(N)cc2Cl)C1. The average molecular weight is 271 g/mol. The van der Waals surface area contributed by atoms with Gasteiger partial charge in [-0.25, -0.2) is 4.98 Å². The minimum atomic E-state index is 0.175. The third kappa shape index (κ3) is 3.48. The molecule has 1 fully saturated rings. The van der Waals surface area contributed by atoms with Gasteiger partial charge in [0.15, 0.2) is 0 Å². The third-order valence-corrected chi connectivity index (χ3v) is 3.32. The fourth-order valence-electron chi connectivity index (χ4n) is 1.98. The average Bonchev–Trinajstić information content (AvgIpc) is 2.38. The normalized spacial score (nSPS) is 20.9. The quantitative estimate of drug-likeness (QED) is 0.867. The van der Waals surface area contributed by atoms with Gasteiger partial charge in [-0.05, 0) is 12.6 Å². The Morgan fingerprint density at radius 2 is 2.50 bits per heavy atom. The lowest BCUT2D eigenvalue weighted by molar-refractivity contribution is -0.0192. The van der Waals surface area contributed by atoms with Gasteiger partial charge < -0.3 is 15.8 Å². The van der Waals surface area contributed by atoms with Crippen LogP contribution in [-0.4, -0.2) is 48.8 Å². The monoisotopic (exact) mass is 270 g/mol. The van der Waals surface area contributed by atoms with Gasteiger partial charge in [-0.1, -0.05) is 18.5 Å². The molecule has 0 amide bonds. The molecule has 1 saturated heterocycles. The highest BCUT2D eigenvalue weighted by molar-refractivity contribution is 6.33. The predicted octanol–water partition coefficient (Wildman–Crippen LogP) is 1.45. The fraction of sp³-hybridized carbons (Fsp3) is 0.583. The standard InChI is InChI=1S/C12H19ClN4O/c1-2-17-3-4-18-10(8-17)7-16-12-11(13)5-9(14)6-15-12/h5-6,10H,2-4,7-8,14H2,1H3,(H,15,16). The van der Waals surface area contributed by atoms with Crippen LogP contribution in [-0.2, 0) is 4.74 Å². The number of anilines is 2. The Kier molecular flexibility index (Phi) is 4.63. The van der Waals surface area contributed by atoms with Gasteiger partial charge in [0.25, 0.3) is 0 Å². The number of aromatic nitrogens is 1. The topological polar surface area (TPSA) is 63.4 Å². The van der Waals surface area contributed by atoms with Crippen LogP contribution >= 0.6 is 11.6 Å². The smallest absolute Gasteiger partial charge is 0.145 e. The number of hydrogen-bond acceptors (Lipinski definition) is 5. The Morgan fingerprint density at radius 1 is 1.67 bits per heavy atom. The molecule has 2 rings (SSSR count). The van der Waals surface area contributed by atoms with Crippen molar-refractivity contribution in [2.45, 2.75) is 13.0 Å². The summed E-state index contributed by atoms with van der Waals surface area (Å²) < 4.78 is 5.70. The molecule has 100 valence electrons. The minimum absolute atomic E-state index is 0.175. The predicted molar refractivity (Wildman–Crippen MR) is 74.0 cm³/mol. The minimum Gasteiger partial charge on any atom is -0.397 e. The summed E-state index contributed by atoms with van der Waals surface area (Å²) in [6.45, 7) is 6.65. The van der Waals surface area contributed by atoms with Crippen LogP contribution in [0.25, 0.3) is 0 Å². The van der Waals surface area contributed by atoms with Crippen LogP contribution in [0.2, 0.25) is 5.02 Å². The van der Waals surface area contributed by atoms with E-state index in [9.17, 15) is 0 Å². The molecule has 1 aromatic heterocycles. The van der Waals surface area contributed by atoms with Gasteiger partial charge in [-0.2, -0.15) is 0 Å². The van der Waals surface area contributed by atoms with Crippen molar-refractivity contribution < 1.29 is 4.74 Å². The summed E-state index contributed by atoms with van der Waals surface area (Å²) in [6.07, 6.45) is 1.77. The Balaban J connectivity index is 1.87. The van der Waals surface area contributed by atoms with Crippen LogP contribution in [0.3, 0.4) is 0 Å². The second kappa shape index (κ2) is 6.22. The number of halogens is 1. The Hall–Kier alpha value is -1.04. The summed E-state index contributed by atoms with van der Waals surface area (Å²) in [7, 11) is 0. The molecule has 1 aliphatic rings. The van der Waals surface area contributed by atoms with E-state index in [1.54, 1.807) is 12.3 Å². The summed E-state index contributed by atoms with van der Waals surface area (Å²) in [5.74, 6) is 0.656. The molecule has 1 unspecified atom stereocenters. The van der Waals surface area contributed by atoms with E-state index in [1.807, 2.05) is 0 Å². The molecule has 0 spiro atoms. The van der Waals surface area contributed by atoms with E-state index in [-0.39, 0.29) is 6.10 Å². The molecule has 18 heavy (non-hydrogen) atoms. The van der Waals surface area contributed by atoms with Crippen molar-refractivity contribution in [2.75, 3.05) is 43.8 Å². The summed E-state index contributed by atoms with van der Waals surface area (Å²) in [5, 5.41) is 3.74. The highest BCUT2D eigenvalue weighted by Crippen LogP contribution is 2.21. The number of pyridine rings is 1. The molecule has 1 atom stereocenters. The number of nitrogens with two attached hydrogens (primary N) is 1. The lowest BCUT2D eigenvalue weighted by atomic mass is 10.2. The van der Waals surface area contributed by atoms with E-state index < -0.39 is 0 Å². The molecule has 3 N–H and O–H groups in total. The number of likely N-dealkylation sites (N-methyl/N-ethyl adjacent to an activating group) is 1. The van der Waals surface area contributed by atoms with Crippen LogP contribution in [0.5, 0.6) is 0 Å². The molecule has 6 heteroatoms. The molecule has 0 aliphatic carbocycles. The Morgan fingerprint density at radius 3 is 3.22 bits per heavy atom. The number of rotatable bonds is 4. The number of hydrogen-bond donors (Lipinski definition) is 2. The number of nitrogens with one attached hydrogen (secondary N) is 1. The van der Waals surface area contributed by atoms with Crippen molar-refractivity contribution in [2.24, 2.45) is 0 Å². The van der Waals surface area contributed by atoms with E-state index in [0.29, 0.717) is 23.1 Å². The fourth-order valence-corrected chi connectivity index (χ4v) is 2.23. The van der Waals surface area contributed by atoms with Gasteiger partial charge in [0.1, 0.15) is 5.82 Å². The molecule has 2 heterocycles. The van der Waals surface area contributed by atoms with E-state index in [1.165, 1.54) is 0 Å². The second-order valence-electron chi connectivity index (χ2n) is 4.37. The van der Waals surface area contributed by atoms with Crippen LogP contribution < -0.4 is 11.1 Å². The maximum atomic E-state index is 6.05. The molecule has 5 nitrogen and oxygen atoms in total. The first-order valence-corrected chi connectivity index (χ1v) is 6.55. The highest BCUT2D eigenvalue weighted by atomic mass is 35.5. The van der Waals surface area contributed by atoms with Gasteiger partial charge in [-0.15, -0.1) is 0 Å². The molecular weight excluding hydrogens is 252 g/mol. The Labute approximate surface area is 112 Å². The van der Waals surface area contributed by atoms with Crippen LogP contribution in [0.15, 0.2) is 12.3 Å². The number of nitrogens with zero attached hydrogens (tertiary/aromatic N) is 2. The molecule has 0 aromatic carbocycles. The molecule has 1 aromatic rings. The van der Waals surface area contributed by atoms with Crippen molar-refractivity contribution in [3.05, 3.63) is 17.3 Å². The van der Waals surface area contributed by atoms with Crippen LogP contribution in [0.1, 0.15) is 6.92 Å². The molecule has 1 aliphatic heterocycles. The molecule has 0 radical (unpaired) electrons. The largest absolute Gasteiger partial charge is 0.397 e. The summed E-state index contributed by atoms with van der Waals surface area (Å²) in [4.78, 5) is 6.53. The highest BCUT2D eigenvalue weighted by Gasteiger charge is 2.19. The maximum absolute atomic E-state index is 6.05. The molecule has 0 bridgehead atoms. The zero-order valence-electron chi connectivity index (χ0n) is 10.5. The molecular formula is C12H19ClN4O. The van der Waals surface area contributed by atoms with Gasteiger partial charge in [-0.3, -0.25) is 4.90 Å². The first kappa shape index (κ1) is 13.4. The van der Waals surface area contributed by atoms with E-state index >= 15 is 0 Å². The van der Waals surface area contributed by atoms with Crippen molar-refractivity contribution in [3.63, 3.8) is 0 Å². The van der Waals surface area contributed by atoms with Crippen LogP contribution in [0, 0.1) is 0 Å². The van der Waals surface area contributed by atoms with E-state index in [4.69, 9.17) is 22.1 Å². The first-order valence-electron chi connectivity index (χ1n) is 6.18. The summed E-state index contributed by atoms with van der Waals surface area (Å²) in [6, 6.07) is 1.69. The van der Waals surface area contributed by atoms with E-state index in [0.717, 1.165) is 26.2 Å². The van der Waals surface area contributed by atoms with Crippen LogP contribution in [0.4, 0.5) is 11.5 Å². The van der Waals surface area contributed by atoms with Crippen molar-refractivity contribution in [1.29, 1.82) is 0 Å². The van der Waals surface area contributed by atoms with Gasteiger partial charge >= 0.3 is 0 Å². The summed E-state index contributed by atoms with van der Waals surface area (Å²) in [5.41, 5.74) is 6.16. The Bertz CT molecular complexity index is 402. The van der Waals surface area contributed by atoms with Crippen molar-refractivity contribution >= 4 is 23.1 Å². The van der Waals surface area contributed by atoms with Gasteiger partial charge in [0.2, 0.25) is 0 Å². The van der Waals surface area contributed by atoms with Gasteiger partial charge in [0.05, 0.1) is 29.6 Å². The zero-order chi connectivity index (χ0) is 13.0. The summed E-state index contributed by atoms with van der Waals surface area (Å²) >= 11 is 6.05. The first-order chi connectivity index (χ1) is 8.69. The third-order valence-electron chi connectivity index (χ3n) is 3.03. The number of morpholine rings is 1. The number of ether oxygens (including phenoxy) is 1. The zero-order valence-corrected chi connectivity index (χ0v) is 11.3. The molecule has 0 saturated carbocycles. The van der Waals surface area contributed by atoms with E-state index in [2.05, 4.69) is 22.1 Å². The maximum Gasteiger partial charge on any atom is 0.145 e. The lowest BCUT2D eigenvalue weighted by Gasteiger charge is -2.32.